The van der Waals surface area contributed by atoms with E-state index in [1.807, 2.05) is 48.5 Å². The number of hydrogen-bond acceptors (Lipinski definition) is 2. The van der Waals surface area contributed by atoms with Crippen LogP contribution in [0.15, 0.2) is 66.7 Å². The molecule has 1 amide bonds. The highest BCUT2D eigenvalue weighted by atomic mass is 16.1. The Morgan fingerprint density at radius 2 is 1.62 bits per heavy atom. The molecule has 1 N–H and O–H groups in total. The fraction of sp³-hybridized carbons (Fsp3) is 0.190. The minimum atomic E-state index is -0.0701. The summed E-state index contributed by atoms with van der Waals surface area (Å²) in [6, 6.07) is 22.0. The van der Waals surface area contributed by atoms with E-state index in [0.717, 1.165) is 29.5 Å². The lowest BCUT2D eigenvalue weighted by Gasteiger charge is -2.18. The first-order valence-corrected chi connectivity index (χ1v) is 8.45. The predicted octanol–water partition coefficient (Wildman–Crippen LogP) is 4.69. The number of nitrogens with one attached hydrogen (secondary N) is 1. The van der Waals surface area contributed by atoms with Crippen molar-refractivity contribution in [2.24, 2.45) is 0 Å². The molecule has 0 aliphatic carbocycles. The number of anilines is 2. The van der Waals surface area contributed by atoms with E-state index in [4.69, 9.17) is 0 Å². The molecule has 0 aromatic heterocycles. The van der Waals surface area contributed by atoms with Crippen molar-refractivity contribution in [3.05, 3.63) is 72.3 Å². The van der Waals surface area contributed by atoms with Crippen molar-refractivity contribution < 1.29 is 4.79 Å². The van der Waals surface area contributed by atoms with Gasteiger partial charge in [-0.15, -0.1) is 0 Å². The van der Waals surface area contributed by atoms with Crippen LogP contribution in [0.4, 0.5) is 11.4 Å². The average molecular weight is 316 g/mol. The van der Waals surface area contributed by atoms with Crippen LogP contribution in [0.5, 0.6) is 0 Å². The van der Waals surface area contributed by atoms with Gasteiger partial charge in [-0.05, 0) is 53.9 Å². The Morgan fingerprint density at radius 3 is 2.46 bits per heavy atom. The third kappa shape index (κ3) is 2.98. The highest BCUT2D eigenvalue weighted by molar-refractivity contribution is 6.06. The summed E-state index contributed by atoms with van der Waals surface area (Å²) in [5.41, 5.74) is 2.71. The predicted molar refractivity (Wildman–Crippen MR) is 99.8 cm³/mol. The molecule has 1 heterocycles. The van der Waals surface area contributed by atoms with E-state index in [1.165, 1.54) is 18.5 Å². The molecule has 0 atom stereocenters. The van der Waals surface area contributed by atoms with E-state index in [-0.39, 0.29) is 5.91 Å². The molecule has 3 aromatic rings. The Balaban J connectivity index is 1.55. The number of carbonyl (C=O) groups excluding carboxylic acids is 1. The van der Waals surface area contributed by atoms with Crippen LogP contribution >= 0.6 is 0 Å². The van der Waals surface area contributed by atoms with E-state index in [2.05, 4.69) is 28.4 Å². The Hall–Kier alpha value is -2.81. The minimum absolute atomic E-state index is 0.0701. The second kappa shape index (κ2) is 6.36. The van der Waals surface area contributed by atoms with Crippen molar-refractivity contribution in [2.45, 2.75) is 12.8 Å². The van der Waals surface area contributed by atoms with Gasteiger partial charge in [-0.1, -0.05) is 36.4 Å². The van der Waals surface area contributed by atoms with Crippen LogP contribution in [0.2, 0.25) is 0 Å². The number of rotatable bonds is 3. The number of carbonyl (C=O) groups is 1. The maximum absolute atomic E-state index is 12.6. The van der Waals surface area contributed by atoms with E-state index < -0.39 is 0 Å². The summed E-state index contributed by atoms with van der Waals surface area (Å²) < 4.78 is 0. The van der Waals surface area contributed by atoms with Gasteiger partial charge < -0.3 is 10.2 Å². The van der Waals surface area contributed by atoms with Gasteiger partial charge in [0.15, 0.2) is 0 Å². The lowest BCUT2D eigenvalue weighted by atomic mass is 10.1. The van der Waals surface area contributed by atoms with Crippen molar-refractivity contribution in [3.8, 4) is 0 Å². The fourth-order valence-electron chi connectivity index (χ4n) is 3.29. The molecule has 4 rings (SSSR count). The van der Waals surface area contributed by atoms with Crippen molar-refractivity contribution in [1.29, 1.82) is 0 Å². The molecule has 120 valence electrons. The van der Waals surface area contributed by atoms with E-state index >= 15 is 0 Å². The minimum Gasteiger partial charge on any atom is -0.371 e. The van der Waals surface area contributed by atoms with Crippen molar-refractivity contribution in [2.75, 3.05) is 23.3 Å². The normalized spacial score (nSPS) is 14.1. The van der Waals surface area contributed by atoms with Gasteiger partial charge in [0.05, 0.1) is 0 Å². The van der Waals surface area contributed by atoms with Gasteiger partial charge in [0.1, 0.15) is 0 Å². The van der Waals surface area contributed by atoms with Crippen LogP contribution in [0, 0.1) is 0 Å². The summed E-state index contributed by atoms with van der Waals surface area (Å²) in [6.45, 7) is 2.20. The smallest absolute Gasteiger partial charge is 0.255 e. The molecular weight excluding hydrogens is 296 g/mol. The molecule has 0 bridgehead atoms. The summed E-state index contributed by atoms with van der Waals surface area (Å²) in [5, 5.41) is 5.24. The van der Waals surface area contributed by atoms with Gasteiger partial charge in [0, 0.05) is 30.0 Å². The van der Waals surface area contributed by atoms with Gasteiger partial charge in [-0.2, -0.15) is 0 Å². The number of benzene rings is 3. The molecular formula is C21H20N2O. The fourth-order valence-corrected chi connectivity index (χ4v) is 3.29. The highest BCUT2D eigenvalue weighted by Gasteiger charge is 2.13. The standard InChI is InChI=1S/C21H20N2O/c24-21(18-11-10-16-6-1-2-7-17(16)14-18)22-19-8-5-9-20(15-19)23-12-3-4-13-23/h1-2,5-11,14-15H,3-4,12-13H2,(H,22,24). The molecule has 1 saturated heterocycles. The maximum Gasteiger partial charge on any atom is 0.255 e. The summed E-state index contributed by atoms with van der Waals surface area (Å²) >= 11 is 0. The van der Waals surface area contributed by atoms with Crippen molar-refractivity contribution in [1.82, 2.24) is 0 Å². The zero-order chi connectivity index (χ0) is 16.4. The quantitative estimate of drug-likeness (QED) is 0.760. The van der Waals surface area contributed by atoms with Crippen molar-refractivity contribution >= 4 is 28.1 Å². The molecule has 1 aliphatic heterocycles. The summed E-state index contributed by atoms with van der Waals surface area (Å²) in [7, 11) is 0. The lowest BCUT2D eigenvalue weighted by molar-refractivity contribution is 0.102. The lowest BCUT2D eigenvalue weighted by Crippen LogP contribution is -2.18. The van der Waals surface area contributed by atoms with Gasteiger partial charge in [0.25, 0.3) is 5.91 Å². The Morgan fingerprint density at radius 1 is 0.833 bits per heavy atom. The SMILES string of the molecule is O=C(Nc1cccc(N2CCCC2)c1)c1ccc2ccccc2c1. The molecule has 0 unspecified atom stereocenters. The first-order valence-electron chi connectivity index (χ1n) is 8.45. The monoisotopic (exact) mass is 316 g/mol. The molecule has 0 spiro atoms. The highest BCUT2D eigenvalue weighted by Crippen LogP contribution is 2.24. The topological polar surface area (TPSA) is 32.3 Å². The summed E-state index contributed by atoms with van der Waals surface area (Å²) in [5.74, 6) is -0.0701. The largest absolute Gasteiger partial charge is 0.371 e. The Labute approximate surface area is 141 Å². The third-order valence-electron chi connectivity index (χ3n) is 4.59. The van der Waals surface area contributed by atoms with Crippen LogP contribution in [0.3, 0.4) is 0 Å². The number of amides is 1. The zero-order valence-electron chi connectivity index (χ0n) is 13.5. The zero-order valence-corrected chi connectivity index (χ0v) is 13.5. The van der Waals surface area contributed by atoms with Crippen LogP contribution in [-0.2, 0) is 0 Å². The first kappa shape index (κ1) is 14.8. The summed E-state index contributed by atoms with van der Waals surface area (Å²) in [6.07, 6.45) is 2.49. The Bertz CT molecular complexity index is 882. The van der Waals surface area contributed by atoms with Gasteiger partial charge in [0.2, 0.25) is 0 Å². The molecule has 0 radical (unpaired) electrons. The van der Waals surface area contributed by atoms with Gasteiger partial charge >= 0.3 is 0 Å². The maximum atomic E-state index is 12.6. The van der Waals surface area contributed by atoms with Gasteiger partial charge in [-0.25, -0.2) is 0 Å². The number of hydrogen-bond donors (Lipinski definition) is 1. The average Bonchev–Trinajstić information content (AvgIpc) is 3.16. The van der Waals surface area contributed by atoms with Crippen LogP contribution in [0.25, 0.3) is 10.8 Å². The first-order chi connectivity index (χ1) is 11.8. The molecule has 3 nitrogen and oxygen atoms in total. The van der Waals surface area contributed by atoms with Crippen LogP contribution < -0.4 is 10.2 Å². The van der Waals surface area contributed by atoms with E-state index in [9.17, 15) is 4.79 Å². The molecule has 3 heteroatoms. The Kier molecular flexibility index (Phi) is 3.91. The van der Waals surface area contributed by atoms with Crippen molar-refractivity contribution in [3.63, 3.8) is 0 Å². The number of nitrogens with zero attached hydrogens (tertiary/aromatic N) is 1. The van der Waals surface area contributed by atoms with Gasteiger partial charge in [-0.3, -0.25) is 4.79 Å². The van der Waals surface area contributed by atoms with Crippen LogP contribution in [0.1, 0.15) is 23.2 Å². The molecule has 24 heavy (non-hydrogen) atoms. The number of fused-ring (bicyclic) bond motifs is 1. The molecule has 0 saturated carbocycles. The molecule has 1 aliphatic rings. The molecule has 3 aromatic carbocycles. The summed E-state index contributed by atoms with van der Waals surface area (Å²) in [4.78, 5) is 14.9. The third-order valence-corrected chi connectivity index (χ3v) is 4.59. The second-order valence-electron chi connectivity index (χ2n) is 6.26. The van der Waals surface area contributed by atoms with E-state index in [1.54, 1.807) is 0 Å². The van der Waals surface area contributed by atoms with Crippen LogP contribution in [-0.4, -0.2) is 19.0 Å². The molecule has 1 fully saturated rings. The second-order valence-corrected chi connectivity index (χ2v) is 6.26. The van der Waals surface area contributed by atoms with E-state index in [0.29, 0.717) is 5.56 Å².